The van der Waals surface area contributed by atoms with Gasteiger partial charge in [-0.15, -0.1) is 0 Å². The lowest BCUT2D eigenvalue weighted by Crippen LogP contribution is -2.53. The van der Waals surface area contributed by atoms with Gasteiger partial charge in [0, 0.05) is 19.2 Å². The smallest absolute Gasteiger partial charge is 0.270 e. The molecule has 0 saturated heterocycles. The third-order valence-corrected chi connectivity index (χ3v) is 4.36. The molecule has 3 rings (SSSR count). The molecule has 0 unspecified atom stereocenters. The Hall–Kier alpha value is -2.89. The van der Waals surface area contributed by atoms with E-state index in [0.29, 0.717) is 17.3 Å². The fourth-order valence-corrected chi connectivity index (χ4v) is 2.92. The molecule has 2 aromatic rings. The van der Waals surface area contributed by atoms with Crippen LogP contribution in [0.4, 0.5) is 11.5 Å². The fraction of sp³-hybridized carbons (Fsp3) is 0.350. The second-order valence-corrected chi connectivity index (χ2v) is 7.01. The molecule has 1 N–H and O–H groups in total. The Balaban J connectivity index is 1.76. The molecular formula is C20H23N3O3. The number of benzene rings is 1. The van der Waals surface area contributed by atoms with Crippen molar-refractivity contribution in [1.29, 1.82) is 0 Å². The molecule has 0 atom stereocenters. The number of fused-ring (bicyclic) bond motifs is 1. The van der Waals surface area contributed by atoms with E-state index in [4.69, 9.17) is 4.74 Å². The summed E-state index contributed by atoms with van der Waals surface area (Å²) in [6.45, 7) is 7.60. The molecule has 2 amide bonds. The quantitative estimate of drug-likeness (QED) is 0.916. The number of hydrogen-bond acceptors (Lipinski definition) is 4. The lowest BCUT2D eigenvalue weighted by molar-refractivity contribution is -0.132. The van der Waals surface area contributed by atoms with Gasteiger partial charge in [0.05, 0.1) is 5.69 Å². The van der Waals surface area contributed by atoms with Crippen LogP contribution in [-0.2, 0) is 9.59 Å². The van der Waals surface area contributed by atoms with Gasteiger partial charge >= 0.3 is 0 Å². The van der Waals surface area contributed by atoms with Crippen molar-refractivity contribution in [3.63, 3.8) is 0 Å². The lowest BCUT2D eigenvalue weighted by Gasteiger charge is -2.38. The minimum absolute atomic E-state index is 0.155. The maximum atomic E-state index is 12.8. The van der Waals surface area contributed by atoms with Crippen molar-refractivity contribution >= 4 is 23.3 Å². The minimum atomic E-state index is -0.962. The number of nitrogens with zero attached hydrogens (tertiary/aromatic N) is 2. The third-order valence-electron chi connectivity index (χ3n) is 4.36. The minimum Gasteiger partial charge on any atom is -0.476 e. The molecule has 26 heavy (non-hydrogen) atoms. The molecule has 0 radical (unpaired) electrons. The Morgan fingerprint density at radius 2 is 2.04 bits per heavy atom. The van der Waals surface area contributed by atoms with Crippen LogP contribution in [-0.4, -0.2) is 28.9 Å². The summed E-state index contributed by atoms with van der Waals surface area (Å²) in [6.07, 6.45) is 1.81. The largest absolute Gasteiger partial charge is 0.476 e. The molecule has 0 saturated carbocycles. The summed E-state index contributed by atoms with van der Waals surface area (Å²) in [4.78, 5) is 30.9. The molecule has 2 heterocycles. The number of aryl methyl sites for hydroxylation is 2. The SMILES string of the molecule is Cc1ccc2c(c1)N(CCC(=O)Nc1ncccc1C)C(=O)C(C)(C)O2. The third kappa shape index (κ3) is 3.54. The Morgan fingerprint density at radius 1 is 1.27 bits per heavy atom. The highest BCUT2D eigenvalue weighted by Gasteiger charge is 2.40. The van der Waals surface area contributed by atoms with Crippen LogP contribution in [0.5, 0.6) is 5.75 Å². The van der Waals surface area contributed by atoms with Gasteiger partial charge in [0.2, 0.25) is 5.91 Å². The zero-order valence-electron chi connectivity index (χ0n) is 15.5. The van der Waals surface area contributed by atoms with Crippen molar-refractivity contribution in [3.05, 3.63) is 47.7 Å². The van der Waals surface area contributed by atoms with Gasteiger partial charge in [-0.1, -0.05) is 12.1 Å². The Morgan fingerprint density at radius 3 is 2.77 bits per heavy atom. The molecule has 0 aliphatic carbocycles. The van der Waals surface area contributed by atoms with Gasteiger partial charge < -0.3 is 15.0 Å². The highest BCUT2D eigenvalue weighted by molar-refractivity contribution is 6.03. The standard InChI is InChI=1S/C20H23N3O3/c1-13-7-8-16-15(12-13)23(19(25)20(3,4)26-16)11-9-17(24)22-18-14(2)6-5-10-21-18/h5-8,10,12H,9,11H2,1-4H3,(H,21,22,24). The number of aromatic nitrogens is 1. The number of anilines is 2. The number of amides is 2. The number of ether oxygens (including phenoxy) is 1. The zero-order chi connectivity index (χ0) is 18.9. The van der Waals surface area contributed by atoms with Crippen LogP contribution in [0, 0.1) is 13.8 Å². The van der Waals surface area contributed by atoms with Crippen LogP contribution < -0.4 is 15.0 Å². The van der Waals surface area contributed by atoms with Gasteiger partial charge in [0.15, 0.2) is 5.60 Å². The zero-order valence-corrected chi connectivity index (χ0v) is 15.5. The van der Waals surface area contributed by atoms with E-state index >= 15 is 0 Å². The van der Waals surface area contributed by atoms with Gasteiger partial charge in [-0.05, 0) is 57.0 Å². The molecule has 0 bridgehead atoms. The summed E-state index contributed by atoms with van der Waals surface area (Å²) in [5.74, 6) is 0.860. The highest BCUT2D eigenvalue weighted by atomic mass is 16.5. The molecule has 1 aliphatic heterocycles. The predicted molar refractivity (Wildman–Crippen MR) is 100 cm³/mol. The predicted octanol–water partition coefficient (Wildman–Crippen LogP) is 3.23. The van der Waals surface area contributed by atoms with E-state index in [1.54, 1.807) is 24.9 Å². The summed E-state index contributed by atoms with van der Waals surface area (Å²) < 4.78 is 5.83. The Kier molecular flexibility index (Phi) is 4.68. The number of rotatable bonds is 4. The van der Waals surface area contributed by atoms with Gasteiger partial charge in [-0.25, -0.2) is 4.98 Å². The summed E-state index contributed by atoms with van der Waals surface area (Å²) in [6, 6.07) is 9.42. The topological polar surface area (TPSA) is 71.5 Å². The van der Waals surface area contributed by atoms with Crippen LogP contribution in [0.3, 0.4) is 0 Å². The molecule has 0 spiro atoms. The van der Waals surface area contributed by atoms with Crippen LogP contribution >= 0.6 is 0 Å². The molecule has 1 aromatic heterocycles. The van der Waals surface area contributed by atoms with E-state index in [1.165, 1.54) is 0 Å². The number of pyridine rings is 1. The second kappa shape index (κ2) is 6.78. The van der Waals surface area contributed by atoms with E-state index in [-0.39, 0.29) is 24.8 Å². The normalized spacial score (nSPS) is 15.2. The monoisotopic (exact) mass is 353 g/mol. The van der Waals surface area contributed by atoms with E-state index < -0.39 is 5.60 Å². The first-order valence-corrected chi connectivity index (χ1v) is 8.61. The number of nitrogens with one attached hydrogen (secondary N) is 1. The Bertz CT molecular complexity index is 861. The van der Waals surface area contributed by atoms with Crippen molar-refractivity contribution in [2.75, 3.05) is 16.8 Å². The highest BCUT2D eigenvalue weighted by Crippen LogP contribution is 2.38. The van der Waals surface area contributed by atoms with Gasteiger partial charge in [0.25, 0.3) is 5.91 Å². The van der Waals surface area contributed by atoms with Gasteiger partial charge in [0.1, 0.15) is 11.6 Å². The number of carbonyl (C=O) groups is 2. The van der Waals surface area contributed by atoms with Crippen LogP contribution in [0.1, 0.15) is 31.4 Å². The summed E-state index contributed by atoms with van der Waals surface area (Å²) in [7, 11) is 0. The fourth-order valence-electron chi connectivity index (χ4n) is 2.92. The average molecular weight is 353 g/mol. The number of carbonyl (C=O) groups excluding carboxylic acids is 2. The molecule has 0 fully saturated rings. The number of hydrogen-bond donors (Lipinski definition) is 1. The van der Waals surface area contributed by atoms with Crippen LogP contribution in [0.2, 0.25) is 0 Å². The van der Waals surface area contributed by atoms with E-state index in [0.717, 1.165) is 11.1 Å². The first-order valence-electron chi connectivity index (χ1n) is 8.61. The van der Waals surface area contributed by atoms with Crippen molar-refractivity contribution < 1.29 is 14.3 Å². The van der Waals surface area contributed by atoms with Crippen molar-refractivity contribution in [3.8, 4) is 5.75 Å². The van der Waals surface area contributed by atoms with Gasteiger partial charge in [-0.2, -0.15) is 0 Å². The maximum absolute atomic E-state index is 12.8. The maximum Gasteiger partial charge on any atom is 0.270 e. The first-order chi connectivity index (χ1) is 12.3. The van der Waals surface area contributed by atoms with Crippen molar-refractivity contribution in [2.45, 2.75) is 39.7 Å². The van der Waals surface area contributed by atoms with E-state index in [9.17, 15) is 9.59 Å². The Labute approximate surface area is 153 Å². The van der Waals surface area contributed by atoms with Gasteiger partial charge in [-0.3, -0.25) is 9.59 Å². The summed E-state index contributed by atoms with van der Waals surface area (Å²) >= 11 is 0. The van der Waals surface area contributed by atoms with Crippen LogP contribution in [0.15, 0.2) is 36.5 Å². The summed E-state index contributed by atoms with van der Waals surface area (Å²) in [5, 5.41) is 2.80. The molecule has 6 heteroatoms. The molecule has 1 aromatic carbocycles. The van der Waals surface area contributed by atoms with Crippen molar-refractivity contribution in [2.24, 2.45) is 0 Å². The molecular weight excluding hydrogens is 330 g/mol. The molecule has 6 nitrogen and oxygen atoms in total. The first kappa shape index (κ1) is 17.9. The van der Waals surface area contributed by atoms with E-state index in [2.05, 4.69) is 10.3 Å². The average Bonchev–Trinajstić information content (AvgIpc) is 2.58. The molecule has 1 aliphatic rings. The van der Waals surface area contributed by atoms with E-state index in [1.807, 2.05) is 44.2 Å². The second-order valence-electron chi connectivity index (χ2n) is 7.01. The van der Waals surface area contributed by atoms with Crippen molar-refractivity contribution in [1.82, 2.24) is 4.98 Å². The lowest BCUT2D eigenvalue weighted by atomic mass is 10.0. The summed E-state index contributed by atoms with van der Waals surface area (Å²) in [5.41, 5.74) is 1.66. The molecule has 136 valence electrons. The van der Waals surface area contributed by atoms with Crippen LogP contribution in [0.25, 0.3) is 0 Å².